The van der Waals surface area contributed by atoms with Crippen molar-refractivity contribution in [3.8, 4) is 0 Å². The molecule has 0 spiro atoms. The Morgan fingerprint density at radius 2 is 2.07 bits per heavy atom. The number of para-hydroxylation sites is 1. The molecule has 1 N–H and O–H groups in total. The molecule has 0 saturated heterocycles. The summed E-state index contributed by atoms with van der Waals surface area (Å²) < 4.78 is 4.86. The second-order valence-electron chi connectivity index (χ2n) is 6.63. The first-order valence-electron chi connectivity index (χ1n) is 8.96. The highest BCUT2D eigenvalue weighted by atomic mass is 16.5. The van der Waals surface area contributed by atoms with E-state index in [1.54, 1.807) is 11.8 Å². The van der Waals surface area contributed by atoms with Gasteiger partial charge >= 0.3 is 11.9 Å². The molecule has 1 aliphatic heterocycles. The molecular weight excluding hydrogens is 348 g/mol. The maximum absolute atomic E-state index is 12.8. The second kappa shape index (κ2) is 7.73. The molecule has 7 nitrogen and oxygen atoms in total. The van der Waals surface area contributed by atoms with E-state index in [1.165, 1.54) is 6.92 Å². The van der Waals surface area contributed by atoms with E-state index < -0.39 is 23.9 Å². The number of hydrogen-bond acceptors (Lipinski definition) is 5. The van der Waals surface area contributed by atoms with Crippen LogP contribution < -0.4 is 0 Å². The zero-order valence-corrected chi connectivity index (χ0v) is 15.3. The SMILES string of the molecule is CCC(C(=O)O)C1c2nc3ccccc3cc2CN1C(=O)CCOC(C)=O. The number of esters is 1. The quantitative estimate of drug-likeness (QED) is 0.785. The number of benzene rings is 1. The van der Waals surface area contributed by atoms with Gasteiger partial charge in [0.25, 0.3) is 0 Å². The lowest BCUT2D eigenvalue weighted by Crippen LogP contribution is -2.37. The number of carbonyl (C=O) groups is 3. The average Bonchev–Trinajstić information content (AvgIpc) is 2.98. The average molecular weight is 370 g/mol. The van der Waals surface area contributed by atoms with Crippen LogP contribution in [0.5, 0.6) is 0 Å². The molecule has 2 unspecified atom stereocenters. The van der Waals surface area contributed by atoms with E-state index in [1.807, 2.05) is 30.3 Å². The summed E-state index contributed by atoms with van der Waals surface area (Å²) in [7, 11) is 0. The Bertz CT molecular complexity index is 895. The number of carboxylic acids is 1. The van der Waals surface area contributed by atoms with E-state index in [0.717, 1.165) is 16.5 Å². The van der Waals surface area contributed by atoms with E-state index in [4.69, 9.17) is 4.74 Å². The summed E-state index contributed by atoms with van der Waals surface area (Å²) >= 11 is 0. The summed E-state index contributed by atoms with van der Waals surface area (Å²) in [5.41, 5.74) is 2.28. The minimum Gasteiger partial charge on any atom is -0.481 e. The predicted octanol–water partition coefficient (Wildman–Crippen LogP) is 2.68. The van der Waals surface area contributed by atoms with E-state index in [-0.39, 0.29) is 18.9 Å². The van der Waals surface area contributed by atoms with Crippen molar-refractivity contribution in [2.75, 3.05) is 6.61 Å². The second-order valence-corrected chi connectivity index (χ2v) is 6.63. The normalized spacial score (nSPS) is 16.8. The van der Waals surface area contributed by atoms with Gasteiger partial charge in [0.1, 0.15) is 6.61 Å². The van der Waals surface area contributed by atoms with Crippen LogP contribution in [0.4, 0.5) is 0 Å². The van der Waals surface area contributed by atoms with Gasteiger partial charge in [0.05, 0.1) is 29.6 Å². The largest absolute Gasteiger partial charge is 0.481 e. The van der Waals surface area contributed by atoms with Gasteiger partial charge < -0.3 is 14.7 Å². The third-order valence-corrected chi connectivity index (χ3v) is 4.87. The number of aromatic nitrogens is 1. The summed E-state index contributed by atoms with van der Waals surface area (Å²) in [4.78, 5) is 41.8. The molecule has 2 heterocycles. The molecule has 2 aromatic rings. The van der Waals surface area contributed by atoms with E-state index in [0.29, 0.717) is 18.7 Å². The molecule has 1 aliphatic rings. The van der Waals surface area contributed by atoms with Gasteiger partial charge in [-0.15, -0.1) is 0 Å². The van der Waals surface area contributed by atoms with Gasteiger partial charge in [0, 0.05) is 18.9 Å². The van der Waals surface area contributed by atoms with Crippen LogP contribution in [0.15, 0.2) is 30.3 Å². The number of carboxylic acid groups (broad SMARTS) is 1. The van der Waals surface area contributed by atoms with E-state index >= 15 is 0 Å². The number of fused-ring (bicyclic) bond motifs is 2. The first-order valence-corrected chi connectivity index (χ1v) is 8.96. The monoisotopic (exact) mass is 370 g/mol. The minimum absolute atomic E-state index is 0.0135. The van der Waals surface area contributed by atoms with Gasteiger partial charge in [-0.05, 0) is 24.1 Å². The molecule has 1 aromatic heterocycles. The Hall–Kier alpha value is -2.96. The molecule has 1 aromatic carbocycles. The summed E-state index contributed by atoms with van der Waals surface area (Å²) in [6.07, 6.45) is 0.390. The molecule has 0 fully saturated rings. The lowest BCUT2D eigenvalue weighted by Gasteiger charge is -2.29. The number of hydrogen-bond donors (Lipinski definition) is 1. The minimum atomic E-state index is -0.955. The Morgan fingerprint density at radius 3 is 2.74 bits per heavy atom. The predicted molar refractivity (Wildman–Crippen MR) is 97.7 cm³/mol. The fraction of sp³-hybridized carbons (Fsp3) is 0.400. The van der Waals surface area contributed by atoms with Gasteiger partial charge in [-0.25, -0.2) is 0 Å². The van der Waals surface area contributed by atoms with Gasteiger partial charge in [-0.1, -0.05) is 25.1 Å². The Morgan fingerprint density at radius 1 is 1.33 bits per heavy atom. The highest BCUT2D eigenvalue weighted by Gasteiger charge is 2.42. The number of rotatable bonds is 6. The zero-order valence-electron chi connectivity index (χ0n) is 15.3. The van der Waals surface area contributed by atoms with Crippen molar-refractivity contribution in [1.82, 2.24) is 9.88 Å². The fourth-order valence-electron chi connectivity index (χ4n) is 3.60. The first-order chi connectivity index (χ1) is 12.9. The van der Waals surface area contributed by atoms with Crippen molar-refractivity contribution in [1.29, 1.82) is 0 Å². The molecule has 142 valence electrons. The highest BCUT2D eigenvalue weighted by Crippen LogP contribution is 2.40. The van der Waals surface area contributed by atoms with Crippen molar-refractivity contribution in [2.24, 2.45) is 5.92 Å². The molecule has 0 bridgehead atoms. The molecule has 27 heavy (non-hydrogen) atoms. The highest BCUT2D eigenvalue weighted by molar-refractivity contribution is 5.83. The summed E-state index contributed by atoms with van der Waals surface area (Å²) in [5, 5.41) is 10.6. The lowest BCUT2D eigenvalue weighted by molar-refractivity contribution is -0.147. The van der Waals surface area contributed by atoms with Crippen LogP contribution in [0.25, 0.3) is 10.9 Å². The number of carbonyl (C=O) groups excluding carboxylic acids is 2. The van der Waals surface area contributed by atoms with Crippen LogP contribution in [0.1, 0.15) is 44.0 Å². The van der Waals surface area contributed by atoms with Gasteiger partial charge in [0.2, 0.25) is 5.91 Å². The van der Waals surface area contributed by atoms with Crippen molar-refractivity contribution in [2.45, 2.75) is 39.3 Å². The van der Waals surface area contributed by atoms with E-state index in [9.17, 15) is 19.5 Å². The number of aliphatic carboxylic acids is 1. The van der Waals surface area contributed by atoms with Crippen LogP contribution in [-0.4, -0.2) is 39.4 Å². The lowest BCUT2D eigenvalue weighted by atomic mass is 9.93. The topological polar surface area (TPSA) is 96.8 Å². The molecule has 0 aliphatic carbocycles. The van der Waals surface area contributed by atoms with Crippen molar-refractivity contribution in [3.63, 3.8) is 0 Å². The van der Waals surface area contributed by atoms with Crippen molar-refractivity contribution < 1.29 is 24.2 Å². The third kappa shape index (κ3) is 3.77. The summed E-state index contributed by atoms with van der Waals surface area (Å²) in [6.45, 7) is 3.36. The Kier molecular flexibility index (Phi) is 5.39. The van der Waals surface area contributed by atoms with Crippen molar-refractivity contribution >= 4 is 28.7 Å². The van der Waals surface area contributed by atoms with Gasteiger partial charge in [-0.2, -0.15) is 0 Å². The number of nitrogens with zero attached hydrogens (tertiary/aromatic N) is 2. The molecule has 7 heteroatoms. The first kappa shape index (κ1) is 18.8. The molecule has 0 radical (unpaired) electrons. The Balaban J connectivity index is 1.97. The summed E-state index contributed by atoms with van der Waals surface area (Å²) in [5.74, 6) is -2.40. The number of pyridine rings is 1. The molecular formula is C20H22N2O5. The zero-order chi connectivity index (χ0) is 19.6. The van der Waals surface area contributed by atoms with Gasteiger partial charge in [-0.3, -0.25) is 19.4 Å². The number of amides is 1. The standard InChI is InChI=1S/C20H22N2O5/c1-3-15(20(25)26)19-18-14(10-13-6-4-5-7-16(13)21-18)11-22(19)17(24)8-9-27-12(2)23/h4-7,10,15,19H,3,8-9,11H2,1-2H3,(H,25,26). The molecule has 3 rings (SSSR count). The van der Waals surface area contributed by atoms with Gasteiger partial charge in [0.15, 0.2) is 0 Å². The molecule has 0 saturated carbocycles. The van der Waals surface area contributed by atoms with Crippen LogP contribution in [-0.2, 0) is 25.7 Å². The van der Waals surface area contributed by atoms with Crippen LogP contribution in [0.2, 0.25) is 0 Å². The molecule has 2 atom stereocenters. The van der Waals surface area contributed by atoms with Crippen LogP contribution in [0.3, 0.4) is 0 Å². The maximum Gasteiger partial charge on any atom is 0.309 e. The smallest absolute Gasteiger partial charge is 0.309 e. The maximum atomic E-state index is 12.8. The van der Waals surface area contributed by atoms with Crippen molar-refractivity contribution in [3.05, 3.63) is 41.6 Å². The van der Waals surface area contributed by atoms with Crippen LogP contribution >= 0.6 is 0 Å². The Labute approximate surface area is 156 Å². The van der Waals surface area contributed by atoms with Crippen LogP contribution in [0, 0.1) is 5.92 Å². The van der Waals surface area contributed by atoms with E-state index in [2.05, 4.69) is 4.98 Å². The molecule has 1 amide bonds. The third-order valence-electron chi connectivity index (χ3n) is 4.87. The summed E-state index contributed by atoms with van der Waals surface area (Å²) in [6, 6.07) is 8.95. The fourth-order valence-corrected chi connectivity index (χ4v) is 3.60. The number of ether oxygens (including phenoxy) is 1.